The van der Waals surface area contributed by atoms with Crippen LogP contribution in [0.4, 0.5) is 4.79 Å². The van der Waals surface area contributed by atoms with Gasteiger partial charge in [0.25, 0.3) is 0 Å². The van der Waals surface area contributed by atoms with Gasteiger partial charge in [0.15, 0.2) is 0 Å². The average molecular weight is 281 g/mol. The van der Waals surface area contributed by atoms with Crippen LogP contribution >= 0.6 is 11.6 Å². The largest absolute Gasteiger partial charge is 0.444 e. The van der Waals surface area contributed by atoms with Gasteiger partial charge in [0.2, 0.25) is 0 Å². The minimum Gasteiger partial charge on any atom is -0.444 e. The van der Waals surface area contributed by atoms with E-state index < -0.39 is 11.7 Å². The SMILES string of the molecule is CC(C)(C)OC(=O)NCCc1ccc(C#N)cc1Cl. The standard InChI is InChI=1S/C14H17ClN2O2/c1-14(2,3)19-13(18)17-7-6-11-5-4-10(9-16)8-12(11)15/h4-5,8H,6-7H2,1-3H3,(H,17,18). The number of carbonyl (C=O) groups excluding carboxylic acids is 1. The Morgan fingerprint density at radius 1 is 1.47 bits per heavy atom. The number of carbonyl (C=O) groups is 1. The number of halogens is 1. The molecule has 0 atom stereocenters. The molecule has 1 rings (SSSR count). The molecule has 0 aliphatic rings. The number of amides is 1. The fourth-order valence-corrected chi connectivity index (χ4v) is 1.71. The van der Waals surface area contributed by atoms with Gasteiger partial charge < -0.3 is 10.1 Å². The second-order valence-corrected chi connectivity index (χ2v) is 5.50. The third kappa shape index (κ3) is 5.62. The number of nitriles is 1. The van der Waals surface area contributed by atoms with Crippen molar-refractivity contribution in [3.05, 3.63) is 34.3 Å². The van der Waals surface area contributed by atoms with Gasteiger partial charge in [-0.1, -0.05) is 17.7 Å². The summed E-state index contributed by atoms with van der Waals surface area (Å²) in [5.41, 5.74) is 0.904. The van der Waals surface area contributed by atoms with Gasteiger partial charge >= 0.3 is 6.09 Å². The second kappa shape index (κ2) is 6.44. The summed E-state index contributed by atoms with van der Waals surface area (Å²) in [5, 5.41) is 11.9. The first-order valence-electron chi connectivity index (χ1n) is 5.97. The predicted octanol–water partition coefficient (Wildman–Crippen LogP) is 3.28. The zero-order valence-corrected chi connectivity index (χ0v) is 12.0. The number of benzene rings is 1. The number of alkyl carbamates (subject to hydrolysis) is 1. The predicted molar refractivity (Wildman–Crippen MR) is 74.1 cm³/mol. The molecule has 0 saturated carbocycles. The zero-order chi connectivity index (χ0) is 14.5. The molecule has 0 spiro atoms. The molecule has 0 saturated heterocycles. The Balaban J connectivity index is 2.46. The van der Waals surface area contributed by atoms with E-state index in [0.29, 0.717) is 23.6 Å². The Morgan fingerprint density at radius 3 is 2.68 bits per heavy atom. The highest BCUT2D eigenvalue weighted by Gasteiger charge is 2.15. The van der Waals surface area contributed by atoms with E-state index in [2.05, 4.69) is 5.32 Å². The van der Waals surface area contributed by atoms with E-state index in [1.807, 2.05) is 26.8 Å². The van der Waals surface area contributed by atoms with E-state index in [1.165, 1.54) is 0 Å². The normalized spacial score (nSPS) is 10.7. The van der Waals surface area contributed by atoms with Crippen LogP contribution in [0.2, 0.25) is 5.02 Å². The number of rotatable bonds is 3. The third-order valence-electron chi connectivity index (χ3n) is 2.24. The van der Waals surface area contributed by atoms with Crippen molar-refractivity contribution in [2.24, 2.45) is 0 Å². The van der Waals surface area contributed by atoms with Gasteiger partial charge in [-0.2, -0.15) is 5.26 Å². The molecule has 5 heteroatoms. The first-order chi connectivity index (χ1) is 8.81. The Bertz CT molecular complexity index is 501. The Kier molecular flexibility index (Phi) is 5.20. The molecule has 0 aliphatic heterocycles. The Hall–Kier alpha value is -1.73. The lowest BCUT2D eigenvalue weighted by atomic mass is 10.1. The van der Waals surface area contributed by atoms with E-state index in [-0.39, 0.29) is 0 Å². The lowest BCUT2D eigenvalue weighted by Gasteiger charge is -2.19. The van der Waals surface area contributed by atoms with Crippen LogP contribution in [0, 0.1) is 11.3 Å². The molecule has 1 amide bonds. The molecule has 0 aliphatic carbocycles. The molecule has 1 aromatic rings. The van der Waals surface area contributed by atoms with Crippen LogP contribution in [0.1, 0.15) is 31.9 Å². The fraction of sp³-hybridized carbons (Fsp3) is 0.429. The van der Waals surface area contributed by atoms with Gasteiger partial charge in [0.05, 0.1) is 11.6 Å². The first-order valence-corrected chi connectivity index (χ1v) is 6.35. The first kappa shape index (κ1) is 15.3. The summed E-state index contributed by atoms with van der Waals surface area (Å²) < 4.78 is 5.12. The van der Waals surface area contributed by atoms with Gasteiger partial charge in [-0.3, -0.25) is 0 Å². The molecule has 1 N–H and O–H groups in total. The van der Waals surface area contributed by atoms with E-state index in [0.717, 1.165) is 5.56 Å². The maximum Gasteiger partial charge on any atom is 0.407 e. The topological polar surface area (TPSA) is 62.1 Å². The van der Waals surface area contributed by atoms with Crippen molar-refractivity contribution >= 4 is 17.7 Å². The van der Waals surface area contributed by atoms with Crippen LogP contribution in [0.3, 0.4) is 0 Å². The molecule has 0 radical (unpaired) electrons. The minimum absolute atomic E-state index is 0.431. The summed E-state index contributed by atoms with van der Waals surface area (Å²) in [7, 11) is 0. The highest BCUT2D eigenvalue weighted by atomic mass is 35.5. The molecule has 4 nitrogen and oxygen atoms in total. The second-order valence-electron chi connectivity index (χ2n) is 5.10. The third-order valence-corrected chi connectivity index (χ3v) is 2.60. The van der Waals surface area contributed by atoms with Crippen LogP contribution in [0.15, 0.2) is 18.2 Å². The van der Waals surface area contributed by atoms with Crippen LogP contribution < -0.4 is 5.32 Å². The summed E-state index contributed by atoms with van der Waals surface area (Å²) in [6.07, 6.45) is 0.140. The number of nitrogens with zero attached hydrogens (tertiary/aromatic N) is 1. The molecular formula is C14H17ClN2O2. The molecule has 0 heterocycles. The summed E-state index contributed by atoms with van der Waals surface area (Å²) >= 11 is 6.03. The summed E-state index contributed by atoms with van der Waals surface area (Å²) in [4.78, 5) is 11.4. The Morgan fingerprint density at radius 2 is 2.16 bits per heavy atom. The molecule has 0 bridgehead atoms. The van der Waals surface area contributed by atoms with Crippen molar-refractivity contribution in [1.29, 1.82) is 5.26 Å². The van der Waals surface area contributed by atoms with E-state index in [1.54, 1.807) is 18.2 Å². The van der Waals surface area contributed by atoms with Gasteiger partial charge in [-0.05, 0) is 44.9 Å². The van der Waals surface area contributed by atoms with Crippen molar-refractivity contribution in [3.63, 3.8) is 0 Å². The van der Waals surface area contributed by atoms with Crippen molar-refractivity contribution in [2.75, 3.05) is 6.54 Å². The highest BCUT2D eigenvalue weighted by molar-refractivity contribution is 6.31. The molecule has 0 fully saturated rings. The maximum atomic E-state index is 11.4. The van der Waals surface area contributed by atoms with Crippen LogP contribution in [-0.2, 0) is 11.2 Å². The summed E-state index contributed by atoms with van der Waals surface area (Å²) in [5.74, 6) is 0. The lowest BCUT2D eigenvalue weighted by molar-refractivity contribution is 0.0528. The molecule has 19 heavy (non-hydrogen) atoms. The van der Waals surface area contributed by atoms with Crippen LogP contribution in [0.25, 0.3) is 0 Å². The number of ether oxygens (including phenoxy) is 1. The number of nitrogens with one attached hydrogen (secondary N) is 1. The monoisotopic (exact) mass is 280 g/mol. The molecule has 102 valence electrons. The van der Waals surface area contributed by atoms with Gasteiger partial charge in [0.1, 0.15) is 5.60 Å². The van der Waals surface area contributed by atoms with Gasteiger partial charge in [-0.15, -0.1) is 0 Å². The number of hydrogen-bond acceptors (Lipinski definition) is 3. The van der Waals surface area contributed by atoms with Crippen molar-refractivity contribution in [3.8, 4) is 6.07 Å². The smallest absolute Gasteiger partial charge is 0.407 e. The average Bonchev–Trinajstić information content (AvgIpc) is 2.28. The van der Waals surface area contributed by atoms with E-state index in [9.17, 15) is 4.79 Å². The van der Waals surface area contributed by atoms with Gasteiger partial charge in [-0.25, -0.2) is 4.79 Å². The molecule has 1 aromatic carbocycles. The highest BCUT2D eigenvalue weighted by Crippen LogP contribution is 2.17. The molecule has 0 aromatic heterocycles. The van der Waals surface area contributed by atoms with Crippen LogP contribution in [0.5, 0.6) is 0 Å². The Labute approximate surface area is 118 Å². The minimum atomic E-state index is -0.504. The fourth-order valence-electron chi connectivity index (χ4n) is 1.43. The van der Waals surface area contributed by atoms with E-state index in [4.69, 9.17) is 21.6 Å². The summed E-state index contributed by atoms with van der Waals surface area (Å²) in [6, 6.07) is 7.13. The quantitative estimate of drug-likeness (QED) is 0.924. The summed E-state index contributed by atoms with van der Waals surface area (Å²) in [6.45, 7) is 5.86. The lowest BCUT2D eigenvalue weighted by Crippen LogP contribution is -2.33. The van der Waals surface area contributed by atoms with Crippen molar-refractivity contribution in [1.82, 2.24) is 5.32 Å². The van der Waals surface area contributed by atoms with Crippen LogP contribution in [-0.4, -0.2) is 18.2 Å². The zero-order valence-electron chi connectivity index (χ0n) is 11.3. The van der Waals surface area contributed by atoms with Gasteiger partial charge in [0, 0.05) is 11.6 Å². The van der Waals surface area contributed by atoms with Crippen molar-refractivity contribution in [2.45, 2.75) is 32.8 Å². The van der Waals surface area contributed by atoms with E-state index >= 15 is 0 Å². The molecular weight excluding hydrogens is 264 g/mol. The molecule has 0 unspecified atom stereocenters. The maximum absolute atomic E-state index is 11.4. The van der Waals surface area contributed by atoms with Crippen molar-refractivity contribution < 1.29 is 9.53 Å². The number of hydrogen-bond donors (Lipinski definition) is 1.